The summed E-state index contributed by atoms with van der Waals surface area (Å²) in [6.07, 6.45) is 3.92. The largest absolute Gasteiger partial charge is 0.497 e. The highest BCUT2D eigenvalue weighted by molar-refractivity contribution is 5.82. The third kappa shape index (κ3) is 3.54. The van der Waals surface area contributed by atoms with E-state index in [9.17, 15) is 4.79 Å². The molecule has 0 spiro atoms. The van der Waals surface area contributed by atoms with Gasteiger partial charge in [0.15, 0.2) is 0 Å². The second-order valence-electron chi connectivity index (χ2n) is 7.74. The fraction of sp³-hybridized carbons (Fsp3) is 0.650. The number of ether oxygens (including phenoxy) is 2. The smallest absolute Gasteiger partial charge is 0.135 e. The van der Waals surface area contributed by atoms with Crippen LogP contribution in [0.4, 0.5) is 0 Å². The number of hydrogen-bond acceptors (Lipinski definition) is 3. The summed E-state index contributed by atoms with van der Waals surface area (Å²) in [5.74, 6) is 2.63. The van der Waals surface area contributed by atoms with Crippen LogP contribution in [-0.2, 0) is 11.2 Å². The number of Topliss-reactive ketones (excluding diaryl/α,β-unsaturated/α-hetero) is 1. The van der Waals surface area contributed by atoms with Crippen molar-refractivity contribution in [1.82, 2.24) is 0 Å². The van der Waals surface area contributed by atoms with Gasteiger partial charge in [-0.15, -0.1) is 0 Å². The van der Waals surface area contributed by atoms with Crippen molar-refractivity contribution in [3.05, 3.63) is 23.8 Å². The average Bonchev–Trinajstić information content (AvgIpc) is 2.51. The van der Waals surface area contributed by atoms with Gasteiger partial charge < -0.3 is 9.47 Å². The lowest BCUT2D eigenvalue weighted by Crippen LogP contribution is -2.43. The Bertz CT molecular complexity index is 580. The van der Waals surface area contributed by atoms with Crippen LogP contribution in [0.15, 0.2) is 18.2 Å². The van der Waals surface area contributed by atoms with E-state index in [0.29, 0.717) is 11.7 Å². The molecule has 1 aliphatic carbocycles. The van der Waals surface area contributed by atoms with Gasteiger partial charge in [0.1, 0.15) is 17.3 Å². The van der Waals surface area contributed by atoms with Crippen molar-refractivity contribution < 1.29 is 14.3 Å². The highest BCUT2D eigenvalue weighted by Gasteiger charge is 2.46. The highest BCUT2D eigenvalue weighted by Crippen LogP contribution is 2.52. The molecule has 1 fully saturated rings. The maximum atomic E-state index is 12.1. The lowest BCUT2D eigenvalue weighted by molar-refractivity contribution is -0.131. The van der Waals surface area contributed by atoms with E-state index in [0.717, 1.165) is 42.7 Å². The topological polar surface area (TPSA) is 35.5 Å². The minimum absolute atomic E-state index is 0.0817. The van der Waals surface area contributed by atoms with Gasteiger partial charge in [0.2, 0.25) is 0 Å². The summed E-state index contributed by atoms with van der Waals surface area (Å²) in [6.45, 7) is 8.49. The molecule has 1 saturated carbocycles. The SMILES string of the molecule is COc1ccc(OC)c(C[C@@]2(C)C[C@@](C)(C(C)=O)CC[C@@H]2C)c1. The molecule has 0 radical (unpaired) electrons. The lowest BCUT2D eigenvalue weighted by Gasteiger charge is -2.48. The van der Waals surface area contributed by atoms with Crippen LogP contribution in [-0.4, -0.2) is 20.0 Å². The molecule has 0 bridgehead atoms. The first kappa shape index (κ1) is 17.8. The number of benzene rings is 1. The molecule has 2 rings (SSSR count). The van der Waals surface area contributed by atoms with Crippen molar-refractivity contribution in [2.75, 3.05) is 14.2 Å². The van der Waals surface area contributed by atoms with Gasteiger partial charge in [-0.2, -0.15) is 0 Å². The minimum atomic E-state index is -0.201. The van der Waals surface area contributed by atoms with Crippen LogP contribution in [0, 0.1) is 16.7 Å². The Kier molecular flexibility index (Phi) is 5.07. The van der Waals surface area contributed by atoms with Crippen LogP contribution in [0.3, 0.4) is 0 Å². The maximum absolute atomic E-state index is 12.1. The zero-order valence-electron chi connectivity index (χ0n) is 15.4. The third-order valence-electron chi connectivity index (χ3n) is 6.04. The summed E-state index contributed by atoms with van der Waals surface area (Å²) in [7, 11) is 3.39. The average molecular weight is 318 g/mol. The van der Waals surface area contributed by atoms with Crippen LogP contribution in [0.1, 0.15) is 52.5 Å². The Morgan fingerprint density at radius 1 is 1.26 bits per heavy atom. The van der Waals surface area contributed by atoms with Crippen molar-refractivity contribution in [2.24, 2.45) is 16.7 Å². The Balaban J connectivity index is 2.34. The molecular formula is C20H30O3. The molecule has 128 valence electrons. The monoisotopic (exact) mass is 318 g/mol. The molecule has 1 aromatic carbocycles. The Labute approximate surface area is 140 Å². The summed E-state index contributed by atoms with van der Waals surface area (Å²) >= 11 is 0. The van der Waals surface area contributed by atoms with Crippen molar-refractivity contribution in [2.45, 2.75) is 53.4 Å². The summed E-state index contributed by atoms with van der Waals surface area (Å²) in [6, 6.07) is 5.96. The number of ketones is 1. The first-order valence-corrected chi connectivity index (χ1v) is 8.46. The molecule has 0 heterocycles. The zero-order valence-corrected chi connectivity index (χ0v) is 15.4. The highest BCUT2D eigenvalue weighted by atomic mass is 16.5. The lowest BCUT2D eigenvalue weighted by atomic mass is 9.56. The molecule has 3 heteroatoms. The zero-order chi connectivity index (χ0) is 17.3. The molecule has 1 aliphatic rings. The van der Waals surface area contributed by atoms with Crippen molar-refractivity contribution in [3.63, 3.8) is 0 Å². The van der Waals surface area contributed by atoms with Gasteiger partial charge in [-0.1, -0.05) is 20.8 Å². The third-order valence-corrected chi connectivity index (χ3v) is 6.04. The van der Waals surface area contributed by atoms with Crippen molar-refractivity contribution in [1.29, 1.82) is 0 Å². The molecule has 0 aromatic heterocycles. The van der Waals surface area contributed by atoms with Gasteiger partial charge in [-0.3, -0.25) is 4.79 Å². The van der Waals surface area contributed by atoms with Crippen molar-refractivity contribution in [3.8, 4) is 11.5 Å². The van der Waals surface area contributed by atoms with E-state index in [1.54, 1.807) is 21.1 Å². The van der Waals surface area contributed by atoms with Crippen LogP contribution in [0.25, 0.3) is 0 Å². The molecule has 0 unspecified atom stereocenters. The number of carbonyl (C=O) groups is 1. The van der Waals surface area contributed by atoms with Gasteiger partial charge in [0.05, 0.1) is 14.2 Å². The van der Waals surface area contributed by atoms with E-state index >= 15 is 0 Å². The van der Waals surface area contributed by atoms with E-state index in [1.165, 1.54) is 0 Å². The van der Waals surface area contributed by atoms with Crippen LogP contribution in [0.2, 0.25) is 0 Å². The molecular weight excluding hydrogens is 288 g/mol. The second-order valence-corrected chi connectivity index (χ2v) is 7.74. The first-order chi connectivity index (χ1) is 10.7. The Morgan fingerprint density at radius 2 is 1.96 bits per heavy atom. The number of hydrogen-bond donors (Lipinski definition) is 0. The number of methoxy groups -OCH3 is 2. The number of rotatable bonds is 5. The van der Waals surface area contributed by atoms with Gasteiger partial charge in [0.25, 0.3) is 0 Å². The van der Waals surface area contributed by atoms with Crippen LogP contribution < -0.4 is 9.47 Å². The normalized spacial score (nSPS) is 30.8. The Morgan fingerprint density at radius 3 is 2.52 bits per heavy atom. The molecule has 0 N–H and O–H groups in total. The molecule has 0 saturated heterocycles. The van der Waals surface area contributed by atoms with Gasteiger partial charge in [-0.25, -0.2) is 0 Å². The van der Waals surface area contributed by atoms with E-state index in [1.807, 2.05) is 12.1 Å². The quantitative estimate of drug-likeness (QED) is 0.791. The summed E-state index contributed by atoms with van der Waals surface area (Å²) in [5.41, 5.74) is 1.04. The van der Waals surface area contributed by atoms with Gasteiger partial charge in [0, 0.05) is 5.41 Å². The van der Waals surface area contributed by atoms with Crippen LogP contribution >= 0.6 is 0 Å². The van der Waals surface area contributed by atoms with E-state index in [-0.39, 0.29) is 10.8 Å². The summed E-state index contributed by atoms with van der Waals surface area (Å²) in [5, 5.41) is 0. The molecule has 1 aromatic rings. The predicted octanol–water partition coefficient (Wildman–Crippen LogP) is 4.67. The summed E-state index contributed by atoms with van der Waals surface area (Å²) in [4.78, 5) is 12.1. The molecule has 23 heavy (non-hydrogen) atoms. The molecule has 0 amide bonds. The molecule has 0 aliphatic heterocycles. The van der Waals surface area contributed by atoms with Crippen LogP contribution in [0.5, 0.6) is 11.5 Å². The van der Waals surface area contributed by atoms with E-state index < -0.39 is 0 Å². The summed E-state index contributed by atoms with van der Waals surface area (Å²) < 4.78 is 10.9. The second kappa shape index (κ2) is 6.54. The Hall–Kier alpha value is -1.51. The fourth-order valence-electron chi connectivity index (χ4n) is 4.03. The van der Waals surface area contributed by atoms with Gasteiger partial charge in [-0.05, 0) is 67.7 Å². The van der Waals surface area contributed by atoms with Crippen molar-refractivity contribution >= 4 is 5.78 Å². The molecule has 3 atom stereocenters. The first-order valence-electron chi connectivity index (χ1n) is 8.46. The standard InChI is InChI=1S/C20H30O3/c1-14-9-10-19(3,15(2)21)13-20(14,4)12-16-11-17(22-5)7-8-18(16)23-6/h7-8,11,14H,9-10,12-13H2,1-6H3/t14-,19-,20-/m0/s1. The minimum Gasteiger partial charge on any atom is -0.497 e. The van der Waals surface area contributed by atoms with E-state index in [2.05, 4.69) is 26.8 Å². The predicted molar refractivity (Wildman–Crippen MR) is 93.2 cm³/mol. The van der Waals surface area contributed by atoms with E-state index in [4.69, 9.17) is 9.47 Å². The van der Waals surface area contributed by atoms with Gasteiger partial charge >= 0.3 is 0 Å². The number of carbonyl (C=O) groups excluding carboxylic acids is 1. The maximum Gasteiger partial charge on any atom is 0.135 e. The molecule has 3 nitrogen and oxygen atoms in total. The fourth-order valence-corrected chi connectivity index (χ4v) is 4.03.